The number of esters is 1. The molecule has 0 radical (unpaired) electrons. The van der Waals surface area contributed by atoms with Gasteiger partial charge in [-0.25, -0.2) is 4.79 Å². The van der Waals surface area contributed by atoms with Crippen molar-refractivity contribution in [2.45, 2.75) is 30.1 Å². The first-order valence-electron chi connectivity index (χ1n) is 8.82. The molecular weight excluding hydrogens is 356 g/mol. The second-order valence-electron chi connectivity index (χ2n) is 6.26. The molecule has 0 bridgehead atoms. The molecule has 0 saturated heterocycles. The largest absolute Gasteiger partial charge is 0.507 e. The average Bonchev–Trinajstić information content (AvgIpc) is 2.70. The minimum atomic E-state index is -0.535. The van der Waals surface area contributed by atoms with Crippen molar-refractivity contribution in [2.24, 2.45) is 0 Å². The first-order chi connectivity index (χ1) is 13.0. The number of carbonyl (C=O) groups is 1. The lowest BCUT2D eigenvalue weighted by Gasteiger charge is -2.18. The number of hydrogen-bond donors (Lipinski definition) is 1. The van der Waals surface area contributed by atoms with Gasteiger partial charge in [-0.2, -0.15) is 0 Å². The van der Waals surface area contributed by atoms with Gasteiger partial charge in [0, 0.05) is 15.4 Å². The summed E-state index contributed by atoms with van der Waals surface area (Å²) in [5, 5.41) is 10.7. The van der Waals surface area contributed by atoms with E-state index >= 15 is 0 Å². The molecule has 0 aromatic heterocycles. The predicted molar refractivity (Wildman–Crippen MR) is 110 cm³/mol. The Morgan fingerprint density at radius 1 is 1.07 bits per heavy atom. The van der Waals surface area contributed by atoms with Gasteiger partial charge in [0.25, 0.3) is 0 Å². The predicted octanol–water partition coefficient (Wildman–Crippen LogP) is 5.87. The Morgan fingerprint density at radius 2 is 1.74 bits per heavy atom. The first kappa shape index (κ1) is 19.1. The maximum atomic E-state index is 12.6. The van der Waals surface area contributed by atoms with Crippen molar-refractivity contribution >= 4 is 17.7 Å². The summed E-state index contributed by atoms with van der Waals surface area (Å²) >= 11 is 1.58. The molecule has 3 nitrogen and oxygen atoms in total. The number of ether oxygens (including phenoxy) is 1. The van der Waals surface area contributed by atoms with Crippen molar-refractivity contribution in [1.82, 2.24) is 0 Å². The van der Waals surface area contributed by atoms with Crippen LogP contribution in [0.5, 0.6) is 5.75 Å². The third-order valence-electron chi connectivity index (χ3n) is 4.42. The summed E-state index contributed by atoms with van der Waals surface area (Å²) in [5.41, 5.74) is 3.70. The van der Waals surface area contributed by atoms with Crippen LogP contribution in [0, 0.1) is 6.92 Å². The van der Waals surface area contributed by atoms with E-state index in [4.69, 9.17) is 4.74 Å². The first-order valence-corrected chi connectivity index (χ1v) is 9.63. The fourth-order valence-corrected chi connectivity index (χ4v) is 4.03. The number of carbonyl (C=O) groups excluding carboxylic acids is 1. The second-order valence-corrected chi connectivity index (χ2v) is 7.37. The maximum absolute atomic E-state index is 12.6. The molecule has 3 aromatic rings. The fraction of sp³-hybridized carbons (Fsp3) is 0.174. The molecule has 0 amide bonds. The quantitative estimate of drug-likeness (QED) is 0.564. The smallest absolute Gasteiger partial charge is 0.342 e. The normalized spacial score (nSPS) is 10.6. The maximum Gasteiger partial charge on any atom is 0.342 e. The van der Waals surface area contributed by atoms with Gasteiger partial charge in [-0.05, 0) is 42.7 Å². The molecule has 0 aliphatic rings. The summed E-state index contributed by atoms with van der Waals surface area (Å²) in [4.78, 5) is 14.5. The third-order valence-corrected chi connectivity index (χ3v) is 5.47. The highest BCUT2D eigenvalue weighted by Crippen LogP contribution is 2.43. The Labute approximate surface area is 164 Å². The van der Waals surface area contributed by atoms with Gasteiger partial charge in [-0.15, -0.1) is 0 Å². The second kappa shape index (κ2) is 8.31. The number of aryl methyl sites for hydroxylation is 2. The fourth-order valence-electron chi connectivity index (χ4n) is 2.98. The molecule has 4 heteroatoms. The monoisotopic (exact) mass is 378 g/mol. The van der Waals surface area contributed by atoms with Crippen LogP contribution < -0.4 is 0 Å². The van der Waals surface area contributed by atoms with E-state index in [2.05, 4.69) is 31.2 Å². The molecule has 0 fully saturated rings. The minimum Gasteiger partial charge on any atom is -0.507 e. The Morgan fingerprint density at radius 3 is 2.33 bits per heavy atom. The number of rotatable bonds is 5. The lowest BCUT2D eigenvalue weighted by atomic mass is 9.95. The lowest BCUT2D eigenvalue weighted by Crippen LogP contribution is -2.07. The highest BCUT2D eigenvalue weighted by molar-refractivity contribution is 7.99. The van der Waals surface area contributed by atoms with Gasteiger partial charge in [0.15, 0.2) is 0 Å². The Kier molecular flexibility index (Phi) is 5.87. The van der Waals surface area contributed by atoms with E-state index in [1.54, 1.807) is 11.8 Å². The van der Waals surface area contributed by atoms with Gasteiger partial charge >= 0.3 is 5.97 Å². The lowest BCUT2D eigenvalue weighted by molar-refractivity contribution is 0.0598. The van der Waals surface area contributed by atoms with Gasteiger partial charge < -0.3 is 9.84 Å². The van der Waals surface area contributed by atoms with Crippen LogP contribution in [0.1, 0.15) is 28.4 Å². The van der Waals surface area contributed by atoms with Gasteiger partial charge in [0.1, 0.15) is 11.3 Å². The molecule has 0 saturated carbocycles. The summed E-state index contributed by atoms with van der Waals surface area (Å²) in [6.07, 6.45) is 0.617. The SMILES string of the molecule is CCc1cc(Sc2ccc(C)cc2)c(-c2ccccc2)c(C(=O)OC)c1O. The summed E-state index contributed by atoms with van der Waals surface area (Å²) in [6.45, 7) is 4.01. The van der Waals surface area contributed by atoms with E-state index in [0.29, 0.717) is 12.0 Å². The molecule has 1 N–H and O–H groups in total. The molecule has 0 unspecified atom stereocenters. The van der Waals surface area contributed by atoms with E-state index in [9.17, 15) is 9.90 Å². The number of hydrogen-bond acceptors (Lipinski definition) is 4. The van der Waals surface area contributed by atoms with E-state index in [1.807, 2.05) is 43.3 Å². The van der Waals surface area contributed by atoms with E-state index in [-0.39, 0.29) is 11.3 Å². The van der Waals surface area contributed by atoms with Crippen molar-refractivity contribution in [3.63, 3.8) is 0 Å². The van der Waals surface area contributed by atoms with E-state index in [1.165, 1.54) is 12.7 Å². The Hall–Kier alpha value is -2.72. The molecule has 0 aliphatic heterocycles. The van der Waals surface area contributed by atoms with Crippen LogP contribution in [0.15, 0.2) is 70.5 Å². The van der Waals surface area contributed by atoms with Crippen LogP contribution in [-0.4, -0.2) is 18.2 Å². The third kappa shape index (κ3) is 4.01. The zero-order valence-electron chi connectivity index (χ0n) is 15.7. The number of phenolic OH excluding ortho intramolecular Hbond substituents is 1. The van der Waals surface area contributed by atoms with Gasteiger partial charge in [0.05, 0.1) is 7.11 Å². The zero-order chi connectivity index (χ0) is 19.4. The van der Waals surface area contributed by atoms with Crippen molar-refractivity contribution < 1.29 is 14.6 Å². The van der Waals surface area contributed by atoms with Crippen molar-refractivity contribution in [1.29, 1.82) is 0 Å². The highest BCUT2D eigenvalue weighted by Gasteiger charge is 2.24. The minimum absolute atomic E-state index is 0.00328. The van der Waals surface area contributed by atoms with Crippen molar-refractivity contribution in [3.05, 3.63) is 77.4 Å². The van der Waals surface area contributed by atoms with Gasteiger partial charge in [0.2, 0.25) is 0 Å². The molecule has 27 heavy (non-hydrogen) atoms. The number of aromatic hydroxyl groups is 1. The Bertz CT molecular complexity index is 948. The van der Waals surface area contributed by atoms with Crippen LogP contribution in [0.2, 0.25) is 0 Å². The van der Waals surface area contributed by atoms with Crippen molar-refractivity contribution in [2.75, 3.05) is 7.11 Å². The number of phenols is 1. The van der Waals surface area contributed by atoms with Crippen LogP contribution in [0.3, 0.4) is 0 Å². The average molecular weight is 378 g/mol. The van der Waals surface area contributed by atoms with E-state index in [0.717, 1.165) is 20.9 Å². The van der Waals surface area contributed by atoms with Crippen LogP contribution in [0.4, 0.5) is 0 Å². The molecular formula is C23H22O3S. The Balaban J connectivity index is 2.26. The van der Waals surface area contributed by atoms with Crippen LogP contribution in [0.25, 0.3) is 11.1 Å². The highest BCUT2D eigenvalue weighted by atomic mass is 32.2. The van der Waals surface area contributed by atoms with Gasteiger partial charge in [-0.1, -0.05) is 66.7 Å². The molecule has 0 heterocycles. The van der Waals surface area contributed by atoms with Gasteiger partial charge in [-0.3, -0.25) is 0 Å². The molecule has 138 valence electrons. The summed E-state index contributed by atoms with van der Waals surface area (Å²) in [7, 11) is 1.34. The van der Waals surface area contributed by atoms with E-state index < -0.39 is 5.97 Å². The molecule has 0 atom stereocenters. The summed E-state index contributed by atoms with van der Waals surface area (Å²) < 4.78 is 4.99. The molecule has 3 rings (SSSR count). The zero-order valence-corrected chi connectivity index (χ0v) is 16.5. The van der Waals surface area contributed by atoms with Crippen molar-refractivity contribution in [3.8, 4) is 16.9 Å². The van der Waals surface area contributed by atoms with Crippen LogP contribution >= 0.6 is 11.8 Å². The molecule has 0 spiro atoms. The molecule has 3 aromatic carbocycles. The molecule has 0 aliphatic carbocycles. The summed E-state index contributed by atoms with van der Waals surface area (Å²) in [5.74, 6) is -0.538. The number of benzene rings is 3. The van der Waals surface area contributed by atoms with Crippen LogP contribution in [-0.2, 0) is 11.2 Å². The summed E-state index contributed by atoms with van der Waals surface area (Å²) in [6, 6.07) is 19.8. The number of methoxy groups -OCH3 is 1. The topological polar surface area (TPSA) is 46.5 Å². The standard InChI is InChI=1S/C23H22O3S/c1-4-16-14-19(27-18-12-10-15(2)11-13-18)20(17-8-6-5-7-9-17)21(22(16)24)23(25)26-3/h5-14,24H,4H2,1-3H3.